The number of carboxylic acid groups (broad SMARTS) is 1. The van der Waals surface area contributed by atoms with Crippen molar-refractivity contribution in [3.63, 3.8) is 0 Å². The van der Waals surface area contributed by atoms with Gasteiger partial charge in [0.1, 0.15) is 5.75 Å². The van der Waals surface area contributed by atoms with E-state index < -0.39 is 5.97 Å². The van der Waals surface area contributed by atoms with Crippen molar-refractivity contribution in [2.75, 3.05) is 7.11 Å². The molecule has 0 saturated carbocycles. The van der Waals surface area contributed by atoms with Crippen LogP contribution in [-0.2, 0) is 4.79 Å². The molecule has 0 radical (unpaired) electrons. The predicted octanol–water partition coefficient (Wildman–Crippen LogP) is 1.98. The lowest BCUT2D eigenvalue weighted by Crippen LogP contribution is -2.07. The normalized spacial score (nSPS) is 12.2. The lowest BCUT2D eigenvalue weighted by Gasteiger charge is -2.13. The molecule has 1 aromatic heterocycles. The first-order valence-electron chi connectivity index (χ1n) is 4.77. The molecule has 1 rings (SSSR count). The van der Waals surface area contributed by atoms with Gasteiger partial charge in [0.15, 0.2) is 0 Å². The van der Waals surface area contributed by atoms with Gasteiger partial charge in [-0.05, 0) is 13.0 Å². The first-order chi connectivity index (χ1) is 7.06. The van der Waals surface area contributed by atoms with Gasteiger partial charge < -0.3 is 9.84 Å². The number of aliphatic carboxylic acids is 1. The summed E-state index contributed by atoms with van der Waals surface area (Å²) in [5.41, 5.74) is 1.70. The molecule has 1 unspecified atom stereocenters. The fourth-order valence-electron chi connectivity index (χ4n) is 1.61. The zero-order chi connectivity index (χ0) is 11.4. The van der Waals surface area contributed by atoms with Crippen molar-refractivity contribution in [2.24, 2.45) is 0 Å². The summed E-state index contributed by atoms with van der Waals surface area (Å²) in [4.78, 5) is 14.8. The summed E-state index contributed by atoms with van der Waals surface area (Å²) in [6, 6.07) is 1.77. The number of pyridine rings is 1. The van der Waals surface area contributed by atoms with Gasteiger partial charge in [0.2, 0.25) is 0 Å². The first-order valence-corrected chi connectivity index (χ1v) is 4.77. The number of carbonyl (C=O) groups is 1. The van der Waals surface area contributed by atoms with Crippen molar-refractivity contribution in [1.82, 2.24) is 4.98 Å². The Hall–Kier alpha value is -1.58. The van der Waals surface area contributed by atoms with Crippen molar-refractivity contribution in [3.8, 4) is 5.75 Å². The Morgan fingerprint density at radius 2 is 2.33 bits per heavy atom. The summed E-state index contributed by atoms with van der Waals surface area (Å²) in [5, 5.41) is 8.70. The van der Waals surface area contributed by atoms with E-state index in [0.717, 1.165) is 17.0 Å². The third-order valence-electron chi connectivity index (χ3n) is 2.36. The largest absolute Gasteiger partial charge is 0.496 e. The molecule has 4 heteroatoms. The minimum atomic E-state index is -0.813. The third kappa shape index (κ3) is 2.68. The van der Waals surface area contributed by atoms with Crippen molar-refractivity contribution < 1.29 is 14.6 Å². The zero-order valence-electron chi connectivity index (χ0n) is 9.15. The van der Waals surface area contributed by atoms with Crippen LogP contribution >= 0.6 is 0 Å². The number of hydrogen-bond donors (Lipinski definition) is 1. The average molecular weight is 209 g/mol. The van der Waals surface area contributed by atoms with E-state index in [1.54, 1.807) is 19.4 Å². The van der Waals surface area contributed by atoms with E-state index in [1.807, 2.05) is 13.8 Å². The van der Waals surface area contributed by atoms with Crippen LogP contribution in [0.25, 0.3) is 0 Å². The van der Waals surface area contributed by atoms with E-state index in [-0.39, 0.29) is 12.3 Å². The quantitative estimate of drug-likeness (QED) is 0.823. The molecule has 1 N–H and O–H groups in total. The average Bonchev–Trinajstić information content (AvgIpc) is 2.17. The molecule has 0 aromatic carbocycles. The van der Waals surface area contributed by atoms with E-state index in [2.05, 4.69) is 4.98 Å². The number of ether oxygens (including phenoxy) is 1. The Morgan fingerprint density at radius 1 is 1.67 bits per heavy atom. The van der Waals surface area contributed by atoms with Crippen LogP contribution in [0, 0.1) is 6.92 Å². The summed E-state index contributed by atoms with van der Waals surface area (Å²) in [7, 11) is 1.59. The van der Waals surface area contributed by atoms with Crippen LogP contribution in [-0.4, -0.2) is 23.2 Å². The molecule has 4 nitrogen and oxygen atoms in total. The lowest BCUT2D eigenvalue weighted by molar-refractivity contribution is -0.137. The lowest BCUT2D eigenvalue weighted by atomic mass is 9.99. The second-order valence-corrected chi connectivity index (χ2v) is 3.52. The molecule has 1 aromatic rings. The molecule has 82 valence electrons. The molecule has 0 fully saturated rings. The second-order valence-electron chi connectivity index (χ2n) is 3.52. The van der Waals surface area contributed by atoms with E-state index in [9.17, 15) is 4.79 Å². The smallest absolute Gasteiger partial charge is 0.304 e. The first kappa shape index (κ1) is 11.5. The Balaban J connectivity index is 2.98. The summed E-state index contributed by atoms with van der Waals surface area (Å²) in [6.07, 6.45) is 1.72. The predicted molar refractivity (Wildman–Crippen MR) is 56.2 cm³/mol. The molecule has 0 aliphatic rings. The van der Waals surface area contributed by atoms with E-state index in [1.165, 1.54) is 0 Å². The minimum absolute atomic E-state index is 0.0843. The minimum Gasteiger partial charge on any atom is -0.496 e. The fourth-order valence-corrected chi connectivity index (χ4v) is 1.61. The van der Waals surface area contributed by atoms with Crippen LogP contribution in [0.15, 0.2) is 12.3 Å². The van der Waals surface area contributed by atoms with Crippen molar-refractivity contribution in [1.29, 1.82) is 0 Å². The topological polar surface area (TPSA) is 59.4 Å². The molecular formula is C11H15NO3. The maximum absolute atomic E-state index is 10.6. The maximum Gasteiger partial charge on any atom is 0.304 e. The summed E-state index contributed by atoms with van der Waals surface area (Å²) in [5.74, 6) is -0.165. The van der Waals surface area contributed by atoms with E-state index in [0.29, 0.717) is 0 Å². The third-order valence-corrected chi connectivity index (χ3v) is 2.36. The Bertz CT molecular complexity index is 363. The number of carboxylic acids is 1. The van der Waals surface area contributed by atoms with Crippen LogP contribution in [0.2, 0.25) is 0 Å². The highest BCUT2D eigenvalue weighted by Gasteiger charge is 2.15. The van der Waals surface area contributed by atoms with E-state index >= 15 is 0 Å². The van der Waals surface area contributed by atoms with Gasteiger partial charge >= 0.3 is 5.97 Å². The van der Waals surface area contributed by atoms with Gasteiger partial charge in [-0.2, -0.15) is 0 Å². The summed E-state index contributed by atoms with van der Waals surface area (Å²) >= 11 is 0. The van der Waals surface area contributed by atoms with Gasteiger partial charge in [-0.25, -0.2) is 0 Å². The molecule has 0 amide bonds. The van der Waals surface area contributed by atoms with Gasteiger partial charge in [-0.15, -0.1) is 0 Å². The highest BCUT2D eigenvalue weighted by molar-refractivity contribution is 5.68. The Labute approximate surface area is 88.9 Å². The van der Waals surface area contributed by atoms with Gasteiger partial charge in [0.25, 0.3) is 0 Å². The van der Waals surface area contributed by atoms with E-state index in [4.69, 9.17) is 9.84 Å². The molecule has 0 bridgehead atoms. The Morgan fingerprint density at radius 3 is 2.87 bits per heavy atom. The standard InChI is InChI=1S/C11H15NO3/c1-7(6-10(13)14)11-8(2)9(15-3)4-5-12-11/h4-5,7H,6H2,1-3H3,(H,13,14). The molecule has 0 saturated heterocycles. The molecule has 0 aliphatic heterocycles. The van der Waals surface area contributed by atoms with Crippen molar-refractivity contribution in [2.45, 2.75) is 26.2 Å². The van der Waals surface area contributed by atoms with Gasteiger partial charge in [0, 0.05) is 17.7 Å². The number of methoxy groups -OCH3 is 1. The summed E-state index contributed by atoms with van der Waals surface area (Å²) < 4.78 is 5.15. The number of rotatable bonds is 4. The molecule has 1 heterocycles. The van der Waals surface area contributed by atoms with Crippen LogP contribution < -0.4 is 4.74 Å². The monoisotopic (exact) mass is 209 g/mol. The van der Waals surface area contributed by atoms with Crippen molar-refractivity contribution in [3.05, 3.63) is 23.5 Å². The molecular weight excluding hydrogens is 194 g/mol. The number of nitrogens with zero attached hydrogens (tertiary/aromatic N) is 1. The molecule has 1 atom stereocenters. The molecule has 0 spiro atoms. The van der Waals surface area contributed by atoms with Gasteiger partial charge in [0.05, 0.1) is 19.2 Å². The SMILES string of the molecule is COc1ccnc(C(C)CC(=O)O)c1C. The van der Waals surface area contributed by atoms with Crippen LogP contribution in [0.1, 0.15) is 30.5 Å². The fraction of sp³-hybridized carbons (Fsp3) is 0.455. The van der Waals surface area contributed by atoms with Crippen molar-refractivity contribution >= 4 is 5.97 Å². The maximum atomic E-state index is 10.6. The highest BCUT2D eigenvalue weighted by atomic mass is 16.5. The highest BCUT2D eigenvalue weighted by Crippen LogP contribution is 2.26. The molecule has 15 heavy (non-hydrogen) atoms. The molecule has 0 aliphatic carbocycles. The Kier molecular flexibility index (Phi) is 3.66. The van der Waals surface area contributed by atoms with Gasteiger partial charge in [-0.1, -0.05) is 6.92 Å². The number of hydrogen-bond acceptors (Lipinski definition) is 3. The van der Waals surface area contributed by atoms with Crippen LogP contribution in [0.4, 0.5) is 0 Å². The van der Waals surface area contributed by atoms with Crippen LogP contribution in [0.5, 0.6) is 5.75 Å². The number of aromatic nitrogens is 1. The summed E-state index contributed by atoms with van der Waals surface area (Å²) in [6.45, 7) is 3.74. The second kappa shape index (κ2) is 4.77. The van der Waals surface area contributed by atoms with Gasteiger partial charge in [-0.3, -0.25) is 9.78 Å². The zero-order valence-corrected chi connectivity index (χ0v) is 9.15. The van der Waals surface area contributed by atoms with Crippen LogP contribution in [0.3, 0.4) is 0 Å².